The van der Waals surface area contributed by atoms with Crippen molar-refractivity contribution in [3.05, 3.63) is 47.5 Å². The first-order valence-electron chi connectivity index (χ1n) is 11.4. The maximum Gasteiger partial charge on any atom is 0.251 e. The minimum atomic E-state index is -0.148. The molecule has 0 spiro atoms. The molecule has 3 N–H and O–H groups in total. The minimum Gasteiger partial charge on any atom is -0.357 e. The molecule has 178 valence electrons. The third kappa shape index (κ3) is 5.23. The van der Waals surface area contributed by atoms with Crippen molar-refractivity contribution >= 4 is 47.7 Å². The number of aliphatic imine (C=N–C) groups is 1. The van der Waals surface area contributed by atoms with E-state index in [4.69, 9.17) is 0 Å². The van der Waals surface area contributed by atoms with Crippen molar-refractivity contribution < 1.29 is 14.4 Å². The van der Waals surface area contributed by atoms with E-state index in [0.717, 1.165) is 12.0 Å². The number of allylic oxidation sites excluding steroid dienone is 2. The number of imide groups is 1. The highest BCUT2D eigenvalue weighted by Gasteiger charge is 2.58. The molecule has 8 nitrogen and oxygen atoms in total. The molecule has 1 saturated heterocycles. The summed E-state index contributed by atoms with van der Waals surface area (Å²) in [7, 11) is 1.62. The van der Waals surface area contributed by atoms with E-state index in [1.54, 1.807) is 13.1 Å². The summed E-state index contributed by atoms with van der Waals surface area (Å²) in [6, 6.07) is 7.51. The van der Waals surface area contributed by atoms with Gasteiger partial charge >= 0.3 is 0 Å². The van der Waals surface area contributed by atoms with Crippen molar-refractivity contribution in [2.24, 2.45) is 28.7 Å². The number of nitrogens with one attached hydrogen (secondary N) is 3. The molecule has 0 aromatic heterocycles. The molecule has 2 fully saturated rings. The van der Waals surface area contributed by atoms with Crippen molar-refractivity contribution in [3.8, 4) is 0 Å². The van der Waals surface area contributed by atoms with Crippen molar-refractivity contribution in [3.63, 3.8) is 0 Å². The van der Waals surface area contributed by atoms with Crippen LogP contribution in [0.15, 0.2) is 41.4 Å². The van der Waals surface area contributed by atoms with E-state index in [1.807, 2.05) is 25.1 Å². The summed E-state index contributed by atoms with van der Waals surface area (Å²) >= 11 is 0. The van der Waals surface area contributed by atoms with Crippen molar-refractivity contribution in [2.75, 3.05) is 33.2 Å². The molecule has 1 aliphatic heterocycles. The molecule has 4 rings (SSSR count). The molecule has 3 amide bonds. The average molecular weight is 565 g/mol. The number of rotatable bonds is 8. The Morgan fingerprint density at radius 1 is 1.12 bits per heavy atom. The SMILES string of the molecule is CCNC(=NCCc1cccc(C(=O)NC)c1)NCCN1C(=O)C2C3C=CC(C3)C2C1=O.I. The summed E-state index contributed by atoms with van der Waals surface area (Å²) in [6.45, 7) is 4.05. The normalized spacial score (nSPS) is 25.2. The first-order valence-corrected chi connectivity index (χ1v) is 11.4. The first kappa shape index (κ1) is 25.2. The molecule has 1 heterocycles. The maximum absolute atomic E-state index is 12.8. The zero-order valence-electron chi connectivity index (χ0n) is 19.0. The smallest absolute Gasteiger partial charge is 0.251 e. The Labute approximate surface area is 211 Å². The molecule has 2 aliphatic carbocycles. The number of hydrogen-bond donors (Lipinski definition) is 3. The van der Waals surface area contributed by atoms with Gasteiger partial charge in [-0.3, -0.25) is 24.3 Å². The molecule has 1 saturated carbocycles. The lowest BCUT2D eigenvalue weighted by atomic mass is 9.85. The van der Waals surface area contributed by atoms with E-state index >= 15 is 0 Å². The van der Waals surface area contributed by atoms with Crippen LogP contribution in [0.5, 0.6) is 0 Å². The molecule has 0 radical (unpaired) electrons. The van der Waals surface area contributed by atoms with Crippen LogP contribution in [0.1, 0.15) is 29.3 Å². The van der Waals surface area contributed by atoms with Gasteiger partial charge in [-0.2, -0.15) is 0 Å². The molecule has 33 heavy (non-hydrogen) atoms. The van der Waals surface area contributed by atoms with Gasteiger partial charge in [0, 0.05) is 38.8 Å². The Morgan fingerprint density at radius 2 is 1.82 bits per heavy atom. The van der Waals surface area contributed by atoms with Crippen LogP contribution in [-0.2, 0) is 16.0 Å². The number of likely N-dealkylation sites (tertiary alicyclic amines) is 1. The maximum atomic E-state index is 12.8. The second-order valence-corrected chi connectivity index (χ2v) is 8.54. The lowest BCUT2D eigenvalue weighted by molar-refractivity contribution is -0.140. The van der Waals surface area contributed by atoms with Crippen molar-refractivity contribution in [1.82, 2.24) is 20.9 Å². The fourth-order valence-electron chi connectivity index (χ4n) is 5.12. The minimum absolute atomic E-state index is 0. The molecule has 1 aromatic carbocycles. The lowest BCUT2D eigenvalue weighted by Gasteiger charge is -2.18. The Morgan fingerprint density at radius 3 is 2.45 bits per heavy atom. The summed E-state index contributed by atoms with van der Waals surface area (Å²) in [4.78, 5) is 43.4. The fourth-order valence-corrected chi connectivity index (χ4v) is 5.12. The molecular weight excluding hydrogens is 533 g/mol. The zero-order valence-corrected chi connectivity index (χ0v) is 21.4. The predicted molar refractivity (Wildman–Crippen MR) is 137 cm³/mol. The van der Waals surface area contributed by atoms with Crippen molar-refractivity contribution in [1.29, 1.82) is 0 Å². The van der Waals surface area contributed by atoms with E-state index in [0.29, 0.717) is 44.1 Å². The highest BCUT2D eigenvalue weighted by atomic mass is 127. The van der Waals surface area contributed by atoms with Gasteiger partial charge < -0.3 is 16.0 Å². The van der Waals surface area contributed by atoms with Crippen LogP contribution in [0.25, 0.3) is 0 Å². The van der Waals surface area contributed by atoms with E-state index in [-0.39, 0.29) is 65.4 Å². The van der Waals surface area contributed by atoms with Gasteiger partial charge in [0.15, 0.2) is 5.96 Å². The predicted octanol–water partition coefficient (Wildman–Crippen LogP) is 1.57. The largest absolute Gasteiger partial charge is 0.357 e. The number of carbonyl (C=O) groups is 3. The number of fused-ring (bicyclic) bond motifs is 5. The molecule has 3 aliphatic rings. The summed E-state index contributed by atoms with van der Waals surface area (Å²) in [5.74, 6) is 0.684. The molecule has 1 aromatic rings. The van der Waals surface area contributed by atoms with Crippen molar-refractivity contribution in [2.45, 2.75) is 19.8 Å². The summed E-state index contributed by atoms with van der Waals surface area (Å²) in [5.41, 5.74) is 1.67. The van der Waals surface area contributed by atoms with Crippen LogP contribution >= 0.6 is 24.0 Å². The zero-order chi connectivity index (χ0) is 22.7. The molecular formula is C24H32IN5O3. The van der Waals surface area contributed by atoms with Crippen LogP contribution in [0.3, 0.4) is 0 Å². The standard InChI is InChI=1S/C24H31N5O3.HI/c1-3-26-24(27-10-9-15-5-4-6-18(13-15)21(30)25-2)28-11-12-29-22(31)19-16-7-8-17(14-16)20(19)23(29)32;/h4-8,13,16-17,19-20H,3,9-12,14H2,1-2H3,(H,25,30)(H2,26,27,28);1H. The van der Waals surface area contributed by atoms with Crippen LogP contribution in [0.2, 0.25) is 0 Å². The summed E-state index contributed by atoms with van der Waals surface area (Å²) in [6.07, 6.45) is 5.86. The monoisotopic (exact) mass is 565 g/mol. The highest BCUT2D eigenvalue weighted by molar-refractivity contribution is 14.0. The van der Waals surface area contributed by atoms with Gasteiger partial charge in [-0.1, -0.05) is 24.3 Å². The Balaban J connectivity index is 0.00000306. The van der Waals surface area contributed by atoms with Crippen LogP contribution in [0, 0.1) is 23.7 Å². The summed E-state index contributed by atoms with van der Waals surface area (Å²) in [5, 5.41) is 9.06. The van der Waals surface area contributed by atoms with E-state index in [9.17, 15) is 14.4 Å². The number of nitrogens with zero attached hydrogens (tertiary/aromatic N) is 2. The quantitative estimate of drug-likeness (QED) is 0.146. The first-order chi connectivity index (χ1) is 15.5. The van der Waals surface area contributed by atoms with Crippen LogP contribution in [0.4, 0.5) is 0 Å². The number of guanidine groups is 1. The van der Waals surface area contributed by atoms with Gasteiger partial charge in [0.1, 0.15) is 0 Å². The van der Waals surface area contributed by atoms with E-state index in [2.05, 4.69) is 33.1 Å². The number of carbonyl (C=O) groups excluding carboxylic acids is 3. The molecule has 4 unspecified atom stereocenters. The molecule has 4 atom stereocenters. The van der Waals surface area contributed by atoms with Gasteiger partial charge in [0.05, 0.1) is 11.8 Å². The second-order valence-electron chi connectivity index (χ2n) is 8.54. The van der Waals surface area contributed by atoms with Gasteiger partial charge in [-0.05, 0) is 49.3 Å². The third-order valence-corrected chi connectivity index (χ3v) is 6.62. The van der Waals surface area contributed by atoms with Gasteiger partial charge in [0.25, 0.3) is 5.91 Å². The highest BCUT2D eigenvalue weighted by Crippen LogP contribution is 2.52. The lowest BCUT2D eigenvalue weighted by Crippen LogP contribution is -2.43. The number of hydrogen-bond acceptors (Lipinski definition) is 4. The molecule has 9 heteroatoms. The number of amides is 3. The Hall–Kier alpha value is -2.43. The van der Waals surface area contributed by atoms with Crippen LogP contribution < -0.4 is 16.0 Å². The van der Waals surface area contributed by atoms with Gasteiger partial charge in [-0.25, -0.2) is 0 Å². The third-order valence-electron chi connectivity index (χ3n) is 6.62. The molecule has 2 bridgehead atoms. The Bertz CT molecular complexity index is 933. The Kier molecular flexibility index (Phi) is 8.50. The van der Waals surface area contributed by atoms with Crippen LogP contribution in [-0.4, -0.2) is 61.8 Å². The van der Waals surface area contributed by atoms with Gasteiger partial charge in [-0.15, -0.1) is 24.0 Å². The van der Waals surface area contributed by atoms with E-state index < -0.39 is 0 Å². The fraction of sp³-hybridized carbons (Fsp3) is 0.500. The topological polar surface area (TPSA) is 103 Å². The van der Waals surface area contributed by atoms with Gasteiger partial charge in [0.2, 0.25) is 11.8 Å². The number of halogens is 1. The average Bonchev–Trinajstić information content (AvgIpc) is 3.48. The van der Waals surface area contributed by atoms with E-state index in [1.165, 1.54) is 4.90 Å². The second kappa shape index (κ2) is 11.1. The summed E-state index contributed by atoms with van der Waals surface area (Å²) < 4.78 is 0. The number of benzene rings is 1.